The molecule has 8 heteroatoms. The first-order valence-electron chi connectivity index (χ1n) is 8.87. The predicted molar refractivity (Wildman–Crippen MR) is 108 cm³/mol. The van der Waals surface area contributed by atoms with Gasteiger partial charge in [-0.3, -0.25) is 0 Å². The van der Waals surface area contributed by atoms with Crippen LogP contribution in [0.5, 0.6) is 5.75 Å². The minimum atomic E-state index is -3.95. The van der Waals surface area contributed by atoms with E-state index in [1.807, 2.05) is 0 Å². The maximum Gasteiger partial charge on any atom is 0.357 e. The molecule has 0 fully saturated rings. The number of benzene rings is 1. The van der Waals surface area contributed by atoms with Crippen molar-refractivity contribution in [2.24, 2.45) is 0 Å². The quantitative estimate of drug-likeness (QED) is 0.765. The molecule has 0 atom stereocenters. The van der Waals surface area contributed by atoms with Crippen molar-refractivity contribution >= 4 is 16.0 Å². The number of hydrogen-bond acceptors (Lipinski definition) is 5. The van der Waals surface area contributed by atoms with Gasteiger partial charge in [0.15, 0.2) is 5.69 Å². The van der Waals surface area contributed by atoms with E-state index in [0.29, 0.717) is 11.4 Å². The Bertz CT molecular complexity index is 946. The Morgan fingerprint density at radius 1 is 1.00 bits per heavy atom. The molecule has 0 aliphatic heterocycles. The highest BCUT2D eigenvalue weighted by Crippen LogP contribution is 2.26. The van der Waals surface area contributed by atoms with Crippen LogP contribution in [0, 0.1) is 0 Å². The van der Waals surface area contributed by atoms with Crippen LogP contribution in [0.2, 0.25) is 0 Å². The number of rotatable bonds is 5. The number of sulfonamides is 1. The maximum atomic E-state index is 12.9. The Morgan fingerprint density at radius 3 is 2.04 bits per heavy atom. The molecule has 0 saturated heterocycles. The minimum Gasteiger partial charge on any atom is -0.497 e. The number of methoxy groups -OCH3 is 1. The summed E-state index contributed by atoms with van der Waals surface area (Å²) < 4.78 is 40.6. The fourth-order valence-corrected chi connectivity index (χ4v) is 4.17. The summed E-state index contributed by atoms with van der Waals surface area (Å²) in [5.41, 5.74) is -0.924. The largest absolute Gasteiger partial charge is 0.497 e. The lowest BCUT2D eigenvalue weighted by molar-refractivity contribution is 0.00559. The molecule has 0 radical (unpaired) electrons. The number of carbonyl (C=O) groups is 1. The summed E-state index contributed by atoms with van der Waals surface area (Å²) in [6.45, 7) is 10.4. The van der Waals surface area contributed by atoms with Crippen LogP contribution in [0.25, 0.3) is 5.69 Å². The van der Waals surface area contributed by atoms with Gasteiger partial charge in [0.05, 0.1) is 7.11 Å². The zero-order valence-electron chi connectivity index (χ0n) is 17.4. The molecule has 0 unspecified atom stereocenters. The van der Waals surface area contributed by atoms with Gasteiger partial charge in [-0.05, 0) is 71.9 Å². The third kappa shape index (κ3) is 5.36. The number of aromatic nitrogens is 1. The molecule has 2 aromatic rings. The second kappa shape index (κ2) is 7.60. The highest BCUT2D eigenvalue weighted by atomic mass is 32.2. The van der Waals surface area contributed by atoms with Gasteiger partial charge >= 0.3 is 5.97 Å². The lowest BCUT2D eigenvalue weighted by atomic mass is 10.1. The molecule has 1 aromatic carbocycles. The van der Waals surface area contributed by atoms with Gasteiger partial charge in [0.25, 0.3) is 0 Å². The molecule has 28 heavy (non-hydrogen) atoms. The minimum absolute atomic E-state index is 0.0585. The summed E-state index contributed by atoms with van der Waals surface area (Å²) in [5, 5.41) is 0. The molecule has 0 saturated carbocycles. The summed E-state index contributed by atoms with van der Waals surface area (Å²) in [5.74, 6) is -0.0698. The fraction of sp³-hybridized carbons (Fsp3) is 0.450. The van der Waals surface area contributed by atoms with E-state index in [9.17, 15) is 13.2 Å². The highest BCUT2D eigenvalue weighted by Gasteiger charge is 2.32. The summed E-state index contributed by atoms with van der Waals surface area (Å²) >= 11 is 0. The fourth-order valence-electron chi connectivity index (χ4n) is 2.57. The van der Waals surface area contributed by atoms with Crippen molar-refractivity contribution in [2.75, 3.05) is 7.11 Å². The Kier molecular flexibility index (Phi) is 5.96. The van der Waals surface area contributed by atoms with Crippen LogP contribution in [-0.2, 0) is 14.8 Å². The van der Waals surface area contributed by atoms with E-state index in [4.69, 9.17) is 9.47 Å². The van der Waals surface area contributed by atoms with Crippen LogP contribution >= 0.6 is 0 Å². The Balaban J connectivity index is 2.63. The summed E-state index contributed by atoms with van der Waals surface area (Å²) in [6.07, 6.45) is 1.54. The molecule has 154 valence electrons. The zero-order chi connectivity index (χ0) is 21.3. The van der Waals surface area contributed by atoms with Crippen LogP contribution in [-0.4, -0.2) is 37.2 Å². The first-order chi connectivity index (χ1) is 12.7. The van der Waals surface area contributed by atoms with Gasteiger partial charge in [0.2, 0.25) is 10.0 Å². The standard InChI is InChI=1S/C20H28N2O5S/c1-19(2,3)21-28(24,25)16-12-13-22(14-8-10-15(26-7)11-9-14)17(16)18(23)27-20(4,5)6/h8-13,21H,1-7H3. The SMILES string of the molecule is COc1ccc(-n2ccc(S(=O)(=O)NC(C)(C)C)c2C(=O)OC(C)(C)C)cc1. The van der Waals surface area contributed by atoms with E-state index in [1.54, 1.807) is 72.9 Å². The number of nitrogens with one attached hydrogen (secondary N) is 1. The molecule has 0 spiro atoms. The smallest absolute Gasteiger partial charge is 0.357 e. The molecular weight excluding hydrogens is 380 g/mol. The number of nitrogens with zero attached hydrogens (tertiary/aromatic N) is 1. The first kappa shape index (κ1) is 22.0. The summed E-state index contributed by atoms with van der Waals surface area (Å²) in [6, 6.07) is 8.34. The second-order valence-corrected chi connectivity index (χ2v) is 10.1. The molecule has 2 rings (SSSR count). The van der Waals surface area contributed by atoms with Crippen molar-refractivity contribution in [2.45, 2.75) is 57.6 Å². The highest BCUT2D eigenvalue weighted by molar-refractivity contribution is 7.89. The van der Waals surface area contributed by atoms with Crippen LogP contribution < -0.4 is 9.46 Å². The van der Waals surface area contributed by atoms with Gasteiger partial charge in [-0.2, -0.15) is 0 Å². The number of hydrogen-bond donors (Lipinski definition) is 1. The first-order valence-corrected chi connectivity index (χ1v) is 10.3. The molecule has 0 aliphatic carbocycles. The molecular formula is C20H28N2O5S. The van der Waals surface area contributed by atoms with E-state index < -0.39 is 27.1 Å². The van der Waals surface area contributed by atoms with E-state index in [2.05, 4.69) is 4.72 Å². The average molecular weight is 409 g/mol. The van der Waals surface area contributed by atoms with Gasteiger partial charge in [-0.15, -0.1) is 0 Å². The predicted octanol–water partition coefficient (Wildman–Crippen LogP) is 3.52. The van der Waals surface area contributed by atoms with Gasteiger partial charge < -0.3 is 14.0 Å². The van der Waals surface area contributed by atoms with Crippen molar-refractivity contribution < 1.29 is 22.7 Å². The monoisotopic (exact) mass is 408 g/mol. The Morgan fingerprint density at radius 2 is 1.57 bits per heavy atom. The van der Waals surface area contributed by atoms with E-state index in [1.165, 1.54) is 16.8 Å². The lowest BCUT2D eigenvalue weighted by Crippen LogP contribution is -2.41. The summed E-state index contributed by atoms with van der Waals surface area (Å²) in [4.78, 5) is 12.8. The second-order valence-electron chi connectivity index (χ2n) is 8.45. The van der Waals surface area contributed by atoms with Crippen LogP contribution in [0.4, 0.5) is 0 Å². The molecule has 0 amide bonds. The summed E-state index contributed by atoms with van der Waals surface area (Å²) in [7, 11) is -2.39. The van der Waals surface area contributed by atoms with E-state index in [-0.39, 0.29) is 10.6 Å². The molecule has 1 N–H and O–H groups in total. The van der Waals surface area contributed by atoms with Crippen LogP contribution in [0.1, 0.15) is 52.0 Å². The van der Waals surface area contributed by atoms with Crippen molar-refractivity contribution in [3.63, 3.8) is 0 Å². The number of ether oxygens (including phenoxy) is 2. The maximum absolute atomic E-state index is 12.9. The third-order valence-corrected chi connectivity index (χ3v) is 5.31. The van der Waals surface area contributed by atoms with E-state index in [0.717, 1.165) is 0 Å². The van der Waals surface area contributed by atoms with Gasteiger partial charge in [-0.25, -0.2) is 17.9 Å². The normalized spacial score (nSPS) is 12.7. The number of esters is 1. The van der Waals surface area contributed by atoms with Crippen LogP contribution in [0.15, 0.2) is 41.4 Å². The average Bonchev–Trinajstić information content (AvgIpc) is 2.97. The van der Waals surface area contributed by atoms with Gasteiger partial charge in [-0.1, -0.05) is 0 Å². The van der Waals surface area contributed by atoms with Gasteiger partial charge in [0, 0.05) is 17.4 Å². The molecule has 0 aliphatic rings. The Labute approximate surface area is 166 Å². The molecule has 7 nitrogen and oxygen atoms in total. The van der Waals surface area contributed by atoms with Crippen molar-refractivity contribution in [3.8, 4) is 11.4 Å². The topological polar surface area (TPSA) is 86.6 Å². The molecule has 1 aromatic heterocycles. The van der Waals surface area contributed by atoms with Gasteiger partial charge in [0.1, 0.15) is 16.2 Å². The third-order valence-electron chi connectivity index (χ3n) is 3.52. The van der Waals surface area contributed by atoms with Crippen LogP contribution in [0.3, 0.4) is 0 Å². The van der Waals surface area contributed by atoms with Crippen molar-refractivity contribution in [1.29, 1.82) is 0 Å². The lowest BCUT2D eigenvalue weighted by Gasteiger charge is -2.23. The Hall–Kier alpha value is -2.32. The van der Waals surface area contributed by atoms with E-state index >= 15 is 0 Å². The van der Waals surface area contributed by atoms with Crippen molar-refractivity contribution in [3.05, 3.63) is 42.2 Å². The molecule has 1 heterocycles. The number of carbonyl (C=O) groups excluding carboxylic acids is 1. The molecule has 0 bridgehead atoms. The van der Waals surface area contributed by atoms with Crippen molar-refractivity contribution in [1.82, 2.24) is 9.29 Å². The zero-order valence-corrected chi connectivity index (χ0v) is 18.2.